The number of hydrogen-bond acceptors (Lipinski definition) is 3. The van der Waals surface area contributed by atoms with Crippen LogP contribution in [0.1, 0.15) is 16.2 Å². The van der Waals surface area contributed by atoms with Gasteiger partial charge in [0.05, 0.1) is 17.5 Å². The molecular weight excluding hydrogens is 226 g/mol. The van der Waals surface area contributed by atoms with Crippen LogP contribution in [0.5, 0.6) is 0 Å². The fourth-order valence-electron chi connectivity index (χ4n) is 1.55. The second kappa shape index (κ2) is 4.06. The van der Waals surface area contributed by atoms with Crippen LogP contribution in [0, 0.1) is 6.92 Å². The predicted octanol–water partition coefficient (Wildman–Crippen LogP) is 2.17. The summed E-state index contributed by atoms with van der Waals surface area (Å²) in [7, 11) is 1.68. The molecule has 0 saturated heterocycles. The summed E-state index contributed by atoms with van der Waals surface area (Å²) in [4.78, 5) is 15.6. The lowest BCUT2D eigenvalue weighted by Gasteiger charge is -2.01. The maximum atomic E-state index is 11.3. The Morgan fingerprint density at radius 1 is 1.44 bits per heavy atom. The van der Waals surface area contributed by atoms with Gasteiger partial charge in [0, 0.05) is 12.7 Å². The van der Waals surface area contributed by atoms with E-state index < -0.39 is 5.24 Å². The van der Waals surface area contributed by atoms with E-state index in [1.807, 2.05) is 25.1 Å². The zero-order valence-electron chi connectivity index (χ0n) is 8.94. The zero-order valence-corrected chi connectivity index (χ0v) is 9.69. The molecule has 16 heavy (non-hydrogen) atoms. The van der Waals surface area contributed by atoms with Crippen LogP contribution in [0.25, 0.3) is 11.3 Å². The molecule has 0 aliphatic rings. The Bertz CT molecular complexity index is 548. The molecule has 0 spiro atoms. The first kappa shape index (κ1) is 10.8. The van der Waals surface area contributed by atoms with E-state index in [2.05, 4.69) is 10.1 Å². The third-order valence-electron chi connectivity index (χ3n) is 2.29. The van der Waals surface area contributed by atoms with Crippen molar-refractivity contribution in [3.63, 3.8) is 0 Å². The fraction of sp³-hybridized carbons (Fsp3) is 0.182. The SMILES string of the molecule is Cc1cccc(-c2cnn(C)c2C(=O)Cl)n1. The number of pyridine rings is 1. The van der Waals surface area contributed by atoms with E-state index in [-0.39, 0.29) is 0 Å². The summed E-state index contributed by atoms with van der Waals surface area (Å²) in [6.07, 6.45) is 1.59. The van der Waals surface area contributed by atoms with Crippen LogP contribution in [-0.4, -0.2) is 20.0 Å². The lowest BCUT2D eigenvalue weighted by atomic mass is 10.1. The molecule has 0 fully saturated rings. The van der Waals surface area contributed by atoms with Crippen LogP contribution in [0.3, 0.4) is 0 Å². The molecule has 0 N–H and O–H groups in total. The van der Waals surface area contributed by atoms with Crippen LogP contribution < -0.4 is 0 Å². The molecule has 2 rings (SSSR count). The molecule has 2 heterocycles. The van der Waals surface area contributed by atoms with Gasteiger partial charge < -0.3 is 0 Å². The molecule has 5 heteroatoms. The van der Waals surface area contributed by atoms with Crippen LogP contribution in [0.4, 0.5) is 0 Å². The van der Waals surface area contributed by atoms with Gasteiger partial charge in [-0.1, -0.05) is 6.07 Å². The standard InChI is InChI=1S/C11H10ClN3O/c1-7-4-3-5-9(14-7)8-6-13-15(2)10(8)11(12)16/h3-6H,1-2H3. The number of aromatic nitrogens is 3. The molecular formula is C11H10ClN3O. The summed E-state index contributed by atoms with van der Waals surface area (Å²) in [6, 6.07) is 5.60. The molecule has 82 valence electrons. The van der Waals surface area contributed by atoms with Crippen molar-refractivity contribution in [2.24, 2.45) is 7.05 Å². The molecule has 0 saturated carbocycles. The number of carbonyl (C=O) groups is 1. The van der Waals surface area contributed by atoms with Gasteiger partial charge in [-0.2, -0.15) is 5.10 Å². The van der Waals surface area contributed by atoms with Gasteiger partial charge in [-0.05, 0) is 30.7 Å². The quantitative estimate of drug-likeness (QED) is 0.750. The van der Waals surface area contributed by atoms with E-state index in [1.165, 1.54) is 4.68 Å². The molecule has 0 bridgehead atoms. The van der Waals surface area contributed by atoms with E-state index in [0.717, 1.165) is 5.69 Å². The molecule has 4 nitrogen and oxygen atoms in total. The van der Waals surface area contributed by atoms with Gasteiger partial charge in [0.15, 0.2) is 0 Å². The summed E-state index contributed by atoms with van der Waals surface area (Å²) in [6.45, 7) is 1.89. The second-order valence-corrected chi connectivity index (χ2v) is 3.81. The van der Waals surface area contributed by atoms with Gasteiger partial charge in [-0.3, -0.25) is 14.5 Å². The van der Waals surface area contributed by atoms with Crippen molar-refractivity contribution in [2.75, 3.05) is 0 Å². The van der Waals surface area contributed by atoms with E-state index in [9.17, 15) is 4.79 Å². The molecule has 0 atom stereocenters. The third-order valence-corrected chi connectivity index (χ3v) is 2.47. The monoisotopic (exact) mass is 235 g/mol. The molecule has 0 aromatic carbocycles. The van der Waals surface area contributed by atoms with Crippen molar-refractivity contribution < 1.29 is 4.79 Å². The number of carbonyl (C=O) groups excluding carboxylic acids is 1. The summed E-state index contributed by atoms with van der Waals surface area (Å²) in [5.74, 6) is 0. The molecule has 0 unspecified atom stereocenters. The van der Waals surface area contributed by atoms with Crippen LogP contribution in [-0.2, 0) is 7.05 Å². The number of nitrogens with zero attached hydrogens (tertiary/aromatic N) is 3. The summed E-state index contributed by atoms with van der Waals surface area (Å²) in [5, 5.41) is 3.49. The Hall–Kier alpha value is -1.68. The highest BCUT2D eigenvalue weighted by atomic mass is 35.5. The maximum Gasteiger partial charge on any atom is 0.271 e. The van der Waals surface area contributed by atoms with Gasteiger partial charge in [-0.15, -0.1) is 0 Å². The molecule has 2 aromatic rings. The van der Waals surface area contributed by atoms with Gasteiger partial charge >= 0.3 is 0 Å². The van der Waals surface area contributed by atoms with Gasteiger partial charge in [0.2, 0.25) is 0 Å². The average molecular weight is 236 g/mol. The summed E-state index contributed by atoms with van der Waals surface area (Å²) >= 11 is 5.52. The largest absolute Gasteiger partial charge is 0.274 e. The number of aryl methyl sites for hydroxylation is 2. The topological polar surface area (TPSA) is 47.8 Å². The van der Waals surface area contributed by atoms with Gasteiger partial charge in [0.25, 0.3) is 5.24 Å². The van der Waals surface area contributed by atoms with Crippen molar-refractivity contribution in [3.8, 4) is 11.3 Å². The van der Waals surface area contributed by atoms with Crippen molar-refractivity contribution in [1.82, 2.24) is 14.8 Å². The van der Waals surface area contributed by atoms with Crippen molar-refractivity contribution >= 4 is 16.8 Å². The van der Waals surface area contributed by atoms with Gasteiger partial charge in [-0.25, -0.2) is 0 Å². The lowest BCUT2D eigenvalue weighted by Crippen LogP contribution is -2.02. The van der Waals surface area contributed by atoms with E-state index in [4.69, 9.17) is 11.6 Å². The van der Waals surface area contributed by atoms with Crippen LogP contribution in [0.15, 0.2) is 24.4 Å². The summed E-state index contributed by atoms with van der Waals surface area (Å²) in [5.41, 5.74) is 2.61. The summed E-state index contributed by atoms with van der Waals surface area (Å²) < 4.78 is 1.45. The van der Waals surface area contributed by atoms with Crippen LogP contribution >= 0.6 is 11.6 Å². The fourth-order valence-corrected chi connectivity index (χ4v) is 1.78. The van der Waals surface area contributed by atoms with Crippen molar-refractivity contribution in [2.45, 2.75) is 6.92 Å². The van der Waals surface area contributed by atoms with Crippen LogP contribution in [0.2, 0.25) is 0 Å². The molecule has 0 aliphatic carbocycles. The first-order valence-electron chi connectivity index (χ1n) is 4.75. The highest BCUT2D eigenvalue weighted by Crippen LogP contribution is 2.22. The highest BCUT2D eigenvalue weighted by Gasteiger charge is 2.16. The Kier molecular flexibility index (Phi) is 2.75. The van der Waals surface area contributed by atoms with E-state index in [1.54, 1.807) is 13.2 Å². The lowest BCUT2D eigenvalue weighted by molar-refractivity contribution is 0.107. The second-order valence-electron chi connectivity index (χ2n) is 3.47. The first-order valence-corrected chi connectivity index (χ1v) is 5.13. The Morgan fingerprint density at radius 3 is 2.81 bits per heavy atom. The maximum absolute atomic E-state index is 11.3. The zero-order chi connectivity index (χ0) is 11.7. The minimum atomic E-state index is -0.529. The van der Waals surface area contributed by atoms with E-state index >= 15 is 0 Å². The number of rotatable bonds is 2. The number of hydrogen-bond donors (Lipinski definition) is 0. The normalized spacial score (nSPS) is 10.4. The average Bonchev–Trinajstić information content (AvgIpc) is 2.60. The molecule has 0 radical (unpaired) electrons. The Balaban J connectivity index is 2.60. The highest BCUT2D eigenvalue weighted by molar-refractivity contribution is 6.68. The minimum absolute atomic E-state index is 0.361. The third kappa shape index (κ3) is 1.84. The van der Waals surface area contributed by atoms with Gasteiger partial charge in [0.1, 0.15) is 5.69 Å². The first-order chi connectivity index (χ1) is 7.59. The molecule has 0 amide bonds. The van der Waals surface area contributed by atoms with Crippen molar-refractivity contribution in [3.05, 3.63) is 35.8 Å². The molecule has 2 aromatic heterocycles. The Morgan fingerprint density at radius 2 is 2.19 bits per heavy atom. The number of halogens is 1. The smallest absolute Gasteiger partial charge is 0.271 e. The van der Waals surface area contributed by atoms with Crippen molar-refractivity contribution in [1.29, 1.82) is 0 Å². The Labute approximate surface area is 97.9 Å². The van der Waals surface area contributed by atoms with E-state index in [0.29, 0.717) is 17.0 Å². The predicted molar refractivity (Wildman–Crippen MR) is 61.4 cm³/mol. The molecule has 0 aliphatic heterocycles. The minimum Gasteiger partial charge on any atom is -0.274 e.